The lowest BCUT2D eigenvalue weighted by molar-refractivity contribution is -0.145. The first-order valence-electron chi connectivity index (χ1n) is 7.86. The largest absolute Gasteiger partial charge is 0.478 e. The Balaban J connectivity index is 2.84. The van der Waals surface area contributed by atoms with Gasteiger partial charge in [0.2, 0.25) is 5.88 Å². The van der Waals surface area contributed by atoms with E-state index >= 15 is 0 Å². The number of carbonyl (C=O) groups excluding carboxylic acids is 2. The van der Waals surface area contributed by atoms with Gasteiger partial charge in [0.15, 0.2) is 9.22 Å². The molecule has 150 valence electrons. The van der Waals surface area contributed by atoms with Gasteiger partial charge in [-0.25, -0.2) is 9.59 Å². The fourth-order valence-electron chi connectivity index (χ4n) is 1.70. The fourth-order valence-corrected chi connectivity index (χ4v) is 3.05. The summed E-state index contributed by atoms with van der Waals surface area (Å²) in [4.78, 5) is 38.2. The van der Waals surface area contributed by atoms with Crippen molar-refractivity contribution in [2.45, 2.75) is 36.8 Å². The van der Waals surface area contributed by atoms with Gasteiger partial charge in [0.25, 0.3) is 5.91 Å². The number of nitrogens with two attached hydrogens (primary N) is 1. The van der Waals surface area contributed by atoms with Crippen LogP contribution in [0, 0.1) is 0 Å². The molecule has 0 bridgehead atoms. The van der Waals surface area contributed by atoms with Crippen molar-refractivity contribution in [3.05, 3.63) is 17.0 Å². The molecule has 1 rings (SSSR count). The molecule has 1 aromatic rings. The molecule has 1 heterocycles. The van der Waals surface area contributed by atoms with Gasteiger partial charge in [0.05, 0.1) is 0 Å². The van der Waals surface area contributed by atoms with E-state index in [0.29, 0.717) is 10.4 Å². The molecule has 1 amide bonds. The number of aromatic nitrogens is 1. The van der Waals surface area contributed by atoms with Crippen LogP contribution in [-0.4, -0.2) is 59.0 Å². The highest BCUT2D eigenvalue weighted by molar-refractivity contribution is 8.00. The summed E-state index contributed by atoms with van der Waals surface area (Å²) >= 11 is 2.46. The molecule has 1 atom stereocenters. The third kappa shape index (κ3) is 8.89. The molecule has 11 heteroatoms. The maximum atomic E-state index is 11.8. The van der Waals surface area contributed by atoms with Crippen LogP contribution >= 0.6 is 23.1 Å². The highest BCUT2D eigenvalue weighted by Gasteiger charge is 2.22. The third-order valence-corrected chi connectivity index (χ3v) is 4.92. The van der Waals surface area contributed by atoms with Crippen molar-refractivity contribution >= 4 is 40.9 Å². The van der Waals surface area contributed by atoms with Gasteiger partial charge >= 0.3 is 11.9 Å². The quantitative estimate of drug-likeness (QED) is 0.292. The second kappa shape index (κ2) is 10.3. The lowest BCUT2D eigenvalue weighted by Gasteiger charge is -2.25. The number of thiazole rings is 1. The van der Waals surface area contributed by atoms with Crippen LogP contribution in [0.1, 0.15) is 30.4 Å². The van der Waals surface area contributed by atoms with Crippen molar-refractivity contribution in [1.82, 2.24) is 10.3 Å². The maximum Gasteiger partial charge on any atom is 0.331 e. The molecule has 0 radical (unpaired) electrons. The summed E-state index contributed by atoms with van der Waals surface area (Å²) < 4.78 is 11.4. The normalized spacial score (nSPS) is 12.7. The molecule has 9 nitrogen and oxygen atoms in total. The molecule has 0 aliphatic rings. The number of thioether (sulfide) groups is 1. The highest BCUT2D eigenvalue weighted by Crippen LogP contribution is 2.30. The Morgan fingerprint density at radius 1 is 1.37 bits per heavy atom. The number of esters is 1. The van der Waals surface area contributed by atoms with E-state index in [2.05, 4.69) is 10.3 Å². The molecule has 0 saturated carbocycles. The number of ether oxygens (including phenoxy) is 2. The molecular weight excluding hydrogens is 394 g/mol. The van der Waals surface area contributed by atoms with Gasteiger partial charge in [0.1, 0.15) is 12.7 Å². The van der Waals surface area contributed by atoms with Gasteiger partial charge < -0.3 is 25.6 Å². The summed E-state index contributed by atoms with van der Waals surface area (Å²) in [6, 6.07) is 0. The van der Waals surface area contributed by atoms with Crippen LogP contribution < -0.4 is 15.8 Å². The molecule has 0 spiro atoms. The van der Waals surface area contributed by atoms with E-state index in [4.69, 9.17) is 20.3 Å². The van der Waals surface area contributed by atoms with Crippen LogP contribution in [0.25, 0.3) is 0 Å². The van der Waals surface area contributed by atoms with Crippen molar-refractivity contribution in [1.29, 1.82) is 0 Å². The molecule has 4 N–H and O–H groups in total. The second-order valence-electron chi connectivity index (χ2n) is 6.35. The summed E-state index contributed by atoms with van der Waals surface area (Å²) in [5, 5.41) is 11.8. The van der Waals surface area contributed by atoms with Gasteiger partial charge in [0, 0.05) is 24.2 Å². The van der Waals surface area contributed by atoms with E-state index in [1.165, 1.54) is 11.8 Å². The predicted octanol–water partition coefficient (Wildman–Crippen LogP) is 1.28. The van der Waals surface area contributed by atoms with Crippen LogP contribution in [0.4, 0.5) is 0 Å². The zero-order chi connectivity index (χ0) is 20.6. The molecule has 0 aliphatic carbocycles. The Morgan fingerprint density at radius 2 is 2.04 bits per heavy atom. The monoisotopic (exact) mass is 417 g/mol. The van der Waals surface area contributed by atoms with E-state index in [1.807, 2.05) is 20.8 Å². The lowest BCUT2D eigenvalue weighted by Crippen LogP contribution is -2.44. The standard InChI is InChI=1S/C16H23N3O6S2/c1-16(2,3)18-7-9(25-11(22)6-5-10(20)21)8-24-14-12(13(17)23)27-15(19-14)26-4/h5-6,9,18H,7-8H2,1-4H3,(H2,17,23)(H,20,21)/b6-5-/t9-/m0/s1. The summed E-state index contributed by atoms with van der Waals surface area (Å²) in [6.45, 7) is 5.98. The molecule has 0 fully saturated rings. The number of carboxylic acid groups (broad SMARTS) is 1. The van der Waals surface area contributed by atoms with E-state index in [1.54, 1.807) is 6.26 Å². The van der Waals surface area contributed by atoms with Crippen molar-refractivity contribution < 1.29 is 29.0 Å². The number of primary amides is 1. The fraction of sp³-hybridized carbons (Fsp3) is 0.500. The van der Waals surface area contributed by atoms with E-state index in [9.17, 15) is 14.4 Å². The smallest absolute Gasteiger partial charge is 0.331 e. The molecule has 0 saturated heterocycles. The number of amides is 1. The minimum atomic E-state index is -1.26. The van der Waals surface area contributed by atoms with E-state index in [0.717, 1.165) is 17.4 Å². The average Bonchev–Trinajstić information content (AvgIpc) is 2.98. The molecule has 0 aliphatic heterocycles. The lowest BCUT2D eigenvalue weighted by atomic mass is 10.1. The van der Waals surface area contributed by atoms with Crippen LogP contribution in [0.2, 0.25) is 0 Å². The maximum absolute atomic E-state index is 11.8. The van der Waals surface area contributed by atoms with Crippen molar-refractivity contribution in [2.24, 2.45) is 5.73 Å². The number of rotatable bonds is 10. The number of carbonyl (C=O) groups is 3. The van der Waals surface area contributed by atoms with Gasteiger partial charge in [-0.1, -0.05) is 23.1 Å². The number of nitrogens with zero attached hydrogens (tertiary/aromatic N) is 1. The predicted molar refractivity (Wildman–Crippen MR) is 102 cm³/mol. The SMILES string of the molecule is CSc1nc(OC[C@H](CNC(C)(C)C)OC(=O)/C=C\C(=O)O)c(C(N)=O)s1. The summed E-state index contributed by atoms with van der Waals surface area (Å²) in [5.74, 6) is -2.66. The Bertz CT molecular complexity index is 711. The number of hydrogen-bond acceptors (Lipinski definition) is 9. The molecule has 1 aromatic heterocycles. The Labute approximate surface area is 165 Å². The first-order valence-corrected chi connectivity index (χ1v) is 9.90. The number of aliphatic carboxylic acids is 1. The highest BCUT2D eigenvalue weighted by atomic mass is 32.2. The number of carboxylic acids is 1. The van der Waals surface area contributed by atoms with E-state index < -0.39 is 23.9 Å². The molecular formula is C16H23N3O6S2. The topological polar surface area (TPSA) is 141 Å². The van der Waals surface area contributed by atoms with Crippen LogP contribution in [-0.2, 0) is 14.3 Å². The van der Waals surface area contributed by atoms with Gasteiger partial charge in [-0.15, -0.1) is 0 Å². The summed E-state index contributed by atoms with van der Waals surface area (Å²) in [7, 11) is 0. The summed E-state index contributed by atoms with van der Waals surface area (Å²) in [6.07, 6.45) is 2.57. The second-order valence-corrected chi connectivity index (χ2v) is 8.41. The van der Waals surface area contributed by atoms with Crippen LogP contribution in [0.15, 0.2) is 16.5 Å². The first-order chi connectivity index (χ1) is 12.5. The van der Waals surface area contributed by atoms with Gasteiger partial charge in [-0.3, -0.25) is 4.79 Å². The van der Waals surface area contributed by atoms with Crippen LogP contribution in [0.5, 0.6) is 5.88 Å². The zero-order valence-electron chi connectivity index (χ0n) is 15.5. The number of nitrogens with one attached hydrogen (secondary N) is 1. The Morgan fingerprint density at radius 3 is 2.56 bits per heavy atom. The summed E-state index contributed by atoms with van der Waals surface area (Å²) in [5.41, 5.74) is 5.09. The third-order valence-electron chi connectivity index (χ3n) is 2.89. The van der Waals surface area contributed by atoms with Gasteiger partial charge in [-0.2, -0.15) is 4.98 Å². The Kier molecular flexibility index (Phi) is 8.73. The van der Waals surface area contributed by atoms with Crippen molar-refractivity contribution in [2.75, 3.05) is 19.4 Å². The Hall–Kier alpha value is -2.11. The molecule has 0 aromatic carbocycles. The average molecular weight is 418 g/mol. The zero-order valence-corrected chi connectivity index (χ0v) is 17.1. The van der Waals surface area contributed by atoms with Crippen molar-refractivity contribution in [3.63, 3.8) is 0 Å². The first kappa shape index (κ1) is 22.9. The van der Waals surface area contributed by atoms with E-state index in [-0.39, 0.29) is 29.4 Å². The number of hydrogen-bond donors (Lipinski definition) is 3. The van der Waals surface area contributed by atoms with Gasteiger partial charge in [-0.05, 0) is 27.0 Å². The minimum Gasteiger partial charge on any atom is -0.478 e. The molecule has 27 heavy (non-hydrogen) atoms. The molecule has 0 unspecified atom stereocenters. The van der Waals surface area contributed by atoms with Crippen molar-refractivity contribution in [3.8, 4) is 5.88 Å². The minimum absolute atomic E-state index is 0.0785. The van der Waals surface area contributed by atoms with Crippen LogP contribution in [0.3, 0.4) is 0 Å².